The molecule has 1 aromatic heterocycles. The minimum atomic E-state index is 0.00267. The molecular formula is C23H28N4OS. The maximum Gasteiger partial charge on any atom is 0.230 e. The van der Waals surface area contributed by atoms with E-state index < -0.39 is 0 Å². The van der Waals surface area contributed by atoms with Gasteiger partial charge in [0.05, 0.1) is 11.4 Å². The number of imidazole rings is 1. The molecule has 29 heavy (non-hydrogen) atoms. The lowest BCUT2D eigenvalue weighted by molar-refractivity contribution is -0.118. The average molecular weight is 409 g/mol. The first kappa shape index (κ1) is 21.1. The number of nitrogens with zero attached hydrogens (tertiary/aromatic N) is 3. The van der Waals surface area contributed by atoms with Gasteiger partial charge in [0.1, 0.15) is 0 Å². The smallest absolute Gasteiger partial charge is 0.230 e. The molecule has 0 atom stereocenters. The molecule has 0 unspecified atom stereocenters. The molecule has 0 saturated carbocycles. The van der Waals surface area contributed by atoms with Gasteiger partial charge in [-0.1, -0.05) is 48.2 Å². The summed E-state index contributed by atoms with van der Waals surface area (Å²) in [4.78, 5) is 18.9. The number of amides is 1. The number of hydrogen-bond acceptors (Lipinski definition) is 4. The molecular weight excluding hydrogens is 380 g/mol. The van der Waals surface area contributed by atoms with Crippen LogP contribution in [0.15, 0.2) is 60.0 Å². The normalized spacial score (nSPS) is 11.1. The van der Waals surface area contributed by atoms with Crippen molar-refractivity contribution in [3.05, 3.63) is 77.1 Å². The van der Waals surface area contributed by atoms with Crippen LogP contribution in [0.4, 0.5) is 0 Å². The largest absolute Gasteiger partial charge is 0.351 e. The van der Waals surface area contributed by atoms with Crippen molar-refractivity contribution in [3.8, 4) is 5.69 Å². The van der Waals surface area contributed by atoms with Crippen LogP contribution in [-0.4, -0.2) is 40.2 Å². The zero-order chi connectivity index (χ0) is 20.8. The van der Waals surface area contributed by atoms with Gasteiger partial charge in [-0.25, -0.2) is 4.98 Å². The highest BCUT2D eigenvalue weighted by Gasteiger charge is 2.11. The van der Waals surface area contributed by atoms with E-state index in [4.69, 9.17) is 0 Å². The molecule has 0 bridgehead atoms. The Kier molecular flexibility index (Phi) is 7.12. The summed E-state index contributed by atoms with van der Waals surface area (Å²) in [6, 6.07) is 14.7. The van der Waals surface area contributed by atoms with Gasteiger partial charge in [0, 0.05) is 25.5 Å². The van der Waals surface area contributed by atoms with Crippen LogP contribution in [0.5, 0.6) is 0 Å². The van der Waals surface area contributed by atoms with Crippen LogP contribution in [0, 0.1) is 13.8 Å². The van der Waals surface area contributed by atoms with Gasteiger partial charge in [-0.15, -0.1) is 0 Å². The first-order valence-corrected chi connectivity index (χ1v) is 10.6. The fraction of sp³-hybridized carbons (Fsp3) is 0.304. The third-order valence-electron chi connectivity index (χ3n) is 4.57. The second-order valence-corrected chi connectivity index (χ2v) is 8.43. The fourth-order valence-corrected chi connectivity index (χ4v) is 3.86. The van der Waals surface area contributed by atoms with Gasteiger partial charge in [0.25, 0.3) is 0 Å². The molecule has 3 rings (SSSR count). The first-order chi connectivity index (χ1) is 13.9. The monoisotopic (exact) mass is 408 g/mol. The Hall–Kier alpha value is -2.57. The van der Waals surface area contributed by atoms with E-state index in [1.165, 1.54) is 28.5 Å². The fourth-order valence-electron chi connectivity index (χ4n) is 3.07. The summed E-state index contributed by atoms with van der Waals surface area (Å²) in [5, 5.41) is 3.82. The maximum absolute atomic E-state index is 12.3. The summed E-state index contributed by atoms with van der Waals surface area (Å²) in [5.74, 6) is 0.337. The summed E-state index contributed by atoms with van der Waals surface area (Å²) in [7, 11) is 4.11. The van der Waals surface area contributed by atoms with Crippen LogP contribution >= 0.6 is 11.8 Å². The summed E-state index contributed by atoms with van der Waals surface area (Å²) in [5.41, 5.74) is 5.84. The Morgan fingerprint density at radius 1 is 1.10 bits per heavy atom. The van der Waals surface area contributed by atoms with E-state index in [0.717, 1.165) is 23.0 Å². The number of thioether (sulfide) groups is 1. The molecule has 6 heteroatoms. The molecule has 152 valence electrons. The lowest BCUT2D eigenvalue weighted by Gasteiger charge is -2.12. The van der Waals surface area contributed by atoms with Crippen LogP contribution < -0.4 is 5.32 Å². The molecule has 1 amide bonds. The van der Waals surface area contributed by atoms with Crippen molar-refractivity contribution < 1.29 is 4.79 Å². The third-order valence-corrected chi connectivity index (χ3v) is 5.54. The van der Waals surface area contributed by atoms with Crippen LogP contribution in [0.2, 0.25) is 0 Å². The van der Waals surface area contributed by atoms with E-state index in [1.54, 1.807) is 6.20 Å². The van der Waals surface area contributed by atoms with Gasteiger partial charge in [-0.3, -0.25) is 9.36 Å². The van der Waals surface area contributed by atoms with E-state index in [9.17, 15) is 4.79 Å². The van der Waals surface area contributed by atoms with E-state index in [2.05, 4.69) is 85.6 Å². The minimum absolute atomic E-state index is 0.00267. The van der Waals surface area contributed by atoms with Gasteiger partial charge >= 0.3 is 0 Å². The second-order valence-electron chi connectivity index (χ2n) is 7.49. The number of rotatable bonds is 8. The second kappa shape index (κ2) is 9.76. The van der Waals surface area contributed by atoms with Gasteiger partial charge < -0.3 is 10.2 Å². The third kappa shape index (κ3) is 5.95. The number of aryl methyl sites for hydroxylation is 2. The van der Waals surface area contributed by atoms with Crippen molar-refractivity contribution in [1.29, 1.82) is 0 Å². The number of benzene rings is 2. The van der Waals surface area contributed by atoms with Crippen molar-refractivity contribution in [2.75, 3.05) is 19.8 Å². The van der Waals surface area contributed by atoms with Gasteiger partial charge in [-0.2, -0.15) is 0 Å². The Labute approximate surface area is 177 Å². The predicted octanol–water partition coefficient (Wildman–Crippen LogP) is 3.96. The topological polar surface area (TPSA) is 50.2 Å². The number of hydrogen-bond donors (Lipinski definition) is 1. The number of nitrogens with one attached hydrogen (secondary N) is 1. The van der Waals surface area contributed by atoms with Gasteiger partial charge in [0.2, 0.25) is 5.91 Å². The Morgan fingerprint density at radius 3 is 2.55 bits per heavy atom. The van der Waals surface area contributed by atoms with E-state index in [0.29, 0.717) is 12.3 Å². The molecule has 0 aliphatic heterocycles. The summed E-state index contributed by atoms with van der Waals surface area (Å²) in [6.07, 6.45) is 3.72. The molecule has 2 aromatic carbocycles. The lowest BCUT2D eigenvalue weighted by atomic mass is 10.1. The molecule has 1 N–H and O–H groups in total. The molecule has 3 aromatic rings. The molecule has 0 aliphatic carbocycles. The highest BCUT2D eigenvalue weighted by Crippen LogP contribution is 2.23. The van der Waals surface area contributed by atoms with Crippen molar-refractivity contribution >= 4 is 17.7 Å². The zero-order valence-corrected chi connectivity index (χ0v) is 18.3. The van der Waals surface area contributed by atoms with Crippen molar-refractivity contribution in [2.45, 2.75) is 32.1 Å². The molecule has 0 aliphatic rings. The highest BCUT2D eigenvalue weighted by atomic mass is 32.2. The first-order valence-electron chi connectivity index (χ1n) is 9.65. The lowest BCUT2D eigenvalue weighted by Crippen LogP contribution is -2.24. The molecule has 5 nitrogen and oxygen atoms in total. The SMILES string of the molecule is Cc1ccc(C)c(-n2ccnc2SCC(=O)NCc2ccc(CN(C)C)cc2)c1. The van der Waals surface area contributed by atoms with Crippen LogP contribution in [0.25, 0.3) is 5.69 Å². The quantitative estimate of drug-likeness (QED) is 0.573. The summed E-state index contributed by atoms with van der Waals surface area (Å²) < 4.78 is 2.05. The van der Waals surface area contributed by atoms with Crippen molar-refractivity contribution in [3.63, 3.8) is 0 Å². The Morgan fingerprint density at radius 2 is 1.83 bits per heavy atom. The summed E-state index contributed by atoms with van der Waals surface area (Å²) in [6.45, 7) is 5.61. The summed E-state index contributed by atoms with van der Waals surface area (Å²) >= 11 is 1.45. The van der Waals surface area contributed by atoms with E-state index in [-0.39, 0.29) is 5.91 Å². The highest BCUT2D eigenvalue weighted by molar-refractivity contribution is 7.99. The Bertz CT molecular complexity index is 963. The van der Waals surface area contributed by atoms with E-state index in [1.807, 2.05) is 10.8 Å². The molecule has 0 fully saturated rings. The van der Waals surface area contributed by atoms with Crippen molar-refractivity contribution in [2.24, 2.45) is 0 Å². The maximum atomic E-state index is 12.3. The molecule has 0 radical (unpaired) electrons. The van der Waals surface area contributed by atoms with Crippen molar-refractivity contribution in [1.82, 2.24) is 19.8 Å². The van der Waals surface area contributed by atoms with E-state index >= 15 is 0 Å². The molecule has 0 spiro atoms. The van der Waals surface area contributed by atoms with Crippen LogP contribution in [-0.2, 0) is 17.9 Å². The molecule has 1 heterocycles. The average Bonchev–Trinajstić information content (AvgIpc) is 3.15. The van der Waals surface area contributed by atoms with Gasteiger partial charge in [-0.05, 0) is 56.3 Å². The number of carbonyl (C=O) groups excluding carboxylic acids is 1. The van der Waals surface area contributed by atoms with Crippen LogP contribution in [0.1, 0.15) is 22.3 Å². The number of aromatic nitrogens is 2. The number of carbonyl (C=O) groups is 1. The predicted molar refractivity (Wildman–Crippen MR) is 119 cm³/mol. The van der Waals surface area contributed by atoms with Gasteiger partial charge in [0.15, 0.2) is 5.16 Å². The zero-order valence-electron chi connectivity index (χ0n) is 17.5. The minimum Gasteiger partial charge on any atom is -0.351 e. The Balaban J connectivity index is 1.54. The van der Waals surface area contributed by atoms with Crippen LogP contribution in [0.3, 0.4) is 0 Å². The molecule has 0 saturated heterocycles. The standard InChI is InChI=1S/C23H28N4OS/c1-17-5-6-18(2)21(13-17)27-12-11-24-23(27)29-16-22(28)25-14-19-7-9-20(10-8-19)15-26(3)4/h5-13H,14-16H2,1-4H3,(H,25,28).